The van der Waals surface area contributed by atoms with Gasteiger partial charge in [-0.15, -0.1) is 0 Å². The molecule has 0 atom stereocenters. The molecule has 0 amide bonds. The minimum atomic E-state index is 0.990. The van der Waals surface area contributed by atoms with Crippen LogP contribution in [0.4, 0.5) is 0 Å². The van der Waals surface area contributed by atoms with Gasteiger partial charge in [0.15, 0.2) is 0 Å². The molecule has 0 aromatic heterocycles. The molecular weight excluding hydrogens is 256 g/mol. The molecule has 1 aromatic carbocycles. The fraction of sp³-hybridized carbons (Fsp3) is 0.474. The molecule has 2 nitrogen and oxygen atoms in total. The molecule has 0 fully saturated rings. The molecule has 1 aliphatic heterocycles. The normalized spacial score (nSPS) is 15.1. The van der Waals surface area contributed by atoms with Gasteiger partial charge in [-0.25, -0.2) is 0 Å². The molecule has 2 heteroatoms. The summed E-state index contributed by atoms with van der Waals surface area (Å²) in [6, 6.07) is 10.8. The highest BCUT2D eigenvalue weighted by Gasteiger charge is 2.23. The van der Waals surface area contributed by atoms with Crippen molar-refractivity contribution in [2.75, 3.05) is 20.1 Å². The number of hydrogen-bond donors (Lipinski definition) is 1. The number of allylic oxidation sites excluding steroid dienone is 2. The lowest BCUT2D eigenvalue weighted by Gasteiger charge is -2.24. The van der Waals surface area contributed by atoms with E-state index in [0.29, 0.717) is 0 Å². The molecule has 114 valence electrons. The van der Waals surface area contributed by atoms with E-state index < -0.39 is 0 Å². The van der Waals surface area contributed by atoms with E-state index in [4.69, 9.17) is 0 Å². The molecule has 0 aliphatic carbocycles. The summed E-state index contributed by atoms with van der Waals surface area (Å²) >= 11 is 0. The van der Waals surface area contributed by atoms with Crippen LogP contribution in [0.2, 0.25) is 0 Å². The van der Waals surface area contributed by atoms with Crippen LogP contribution in [-0.4, -0.2) is 25.0 Å². The molecule has 1 heterocycles. The van der Waals surface area contributed by atoms with Crippen molar-refractivity contribution in [3.8, 4) is 0 Å². The molecule has 0 saturated heterocycles. The van der Waals surface area contributed by atoms with Gasteiger partial charge in [-0.05, 0) is 37.4 Å². The van der Waals surface area contributed by atoms with Gasteiger partial charge in [0.2, 0.25) is 0 Å². The Balaban J connectivity index is 1.95. The zero-order chi connectivity index (χ0) is 15.1. The van der Waals surface area contributed by atoms with Gasteiger partial charge in [0.05, 0.1) is 0 Å². The number of likely N-dealkylation sites (N-methyl/N-ethyl adjacent to an activating group) is 1. The van der Waals surface area contributed by atoms with Crippen molar-refractivity contribution in [1.82, 2.24) is 10.2 Å². The summed E-state index contributed by atoms with van der Waals surface area (Å²) in [5, 5.41) is 3.30. The average Bonchev–Trinajstić information content (AvgIpc) is 2.78. The third kappa shape index (κ3) is 4.21. The summed E-state index contributed by atoms with van der Waals surface area (Å²) in [6.07, 6.45) is 5.74. The lowest BCUT2D eigenvalue weighted by molar-refractivity contribution is 0.415. The molecule has 21 heavy (non-hydrogen) atoms. The highest BCUT2D eigenvalue weighted by atomic mass is 15.2. The second kappa shape index (κ2) is 8.04. The Morgan fingerprint density at radius 1 is 1.19 bits per heavy atom. The smallest absolute Gasteiger partial charge is 0.0227 e. The zero-order valence-corrected chi connectivity index (χ0v) is 13.5. The van der Waals surface area contributed by atoms with Gasteiger partial charge in [0, 0.05) is 30.9 Å². The maximum atomic E-state index is 4.28. The lowest BCUT2D eigenvalue weighted by Crippen LogP contribution is -2.20. The second-order valence-electron chi connectivity index (χ2n) is 5.81. The van der Waals surface area contributed by atoms with Gasteiger partial charge in [-0.3, -0.25) is 0 Å². The van der Waals surface area contributed by atoms with Gasteiger partial charge in [0.1, 0.15) is 0 Å². The zero-order valence-electron chi connectivity index (χ0n) is 13.5. The number of rotatable bonds is 8. The summed E-state index contributed by atoms with van der Waals surface area (Å²) in [5.74, 6) is 0. The Morgan fingerprint density at radius 2 is 1.95 bits per heavy atom. The SMILES string of the molecule is C=C1CC(CNC)=C(CCC)N1CCCc1ccccc1. The standard InChI is InChI=1S/C19H28N2/c1-4-9-19-18(15-20-3)14-16(2)21(19)13-8-12-17-10-6-5-7-11-17/h5-7,10-11,20H,2,4,8-9,12-15H2,1,3H3. The summed E-state index contributed by atoms with van der Waals surface area (Å²) in [7, 11) is 2.03. The molecule has 0 radical (unpaired) electrons. The molecule has 0 saturated carbocycles. The van der Waals surface area contributed by atoms with Crippen molar-refractivity contribution in [2.45, 2.75) is 39.0 Å². The molecule has 0 unspecified atom stereocenters. The van der Waals surface area contributed by atoms with Crippen LogP contribution >= 0.6 is 0 Å². The van der Waals surface area contributed by atoms with Crippen LogP contribution < -0.4 is 5.32 Å². The van der Waals surface area contributed by atoms with E-state index in [1.54, 1.807) is 0 Å². The summed E-state index contributed by atoms with van der Waals surface area (Å²) in [4.78, 5) is 2.47. The van der Waals surface area contributed by atoms with E-state index in [0.717, 1.165) is 25.9 Å². The molecule has 1 N–H and O–H groups in total. The van der Waals surface area contributed by atoms with E-state index >= 15 is 0 Å². The minimum Gasteiger partial charge on any atom is -0.349 e. The van der Waals surface area contributed by atoms with E-state index in [-0.39, 0.29) is 0 Å². The fourth-order valence-electron chi connectivity index (χ4n) is 3.13. The third-order valence-corrected chi connectivity index (χ3v) is 4.10. The number of benzene rings is 1. The van der Waals surface area contributed by atoms with Gasteiger partial charge >= 0.3 is 0 Å². The van der Waals surface area contributed by atoms with Crippen LogP contribution in [0.5, 0.6) is 0 Å². The lowest BCUT2D eigenvalue weighted by atomic mass is 10.1. The van der Waals surface area contributed by atoms with Crippen molar-refractivity contribution in [1.29, 1.82) is 0 Å². The number of nitrogens with zero attached hydrogens (tertiary/aromatic N) is 1. The first-order valence-electron chi connectivity index (χ1n) is 8.11. The van der Waals surface area contributed by atoms with Crippen molar-refractivity contribution in [3.63, 3.8) is 0 Å². The summed E-state index contributed by atoms with van der Waals surface area (Å²) < 4.78 is 0. The monoisotopic (exact) mass is 284 g/mol. The first-order chi connectivity index (χ1) is 10.3. The third-order valence-electron chi connectivity index (χ3n) is 4.10. The number of aryl methyl sites for hydroxylation is 1. The largest absolute Gasteiger partial charge is 0.349 e. The van der Waals surface area contributed by atoms with Crippen LogP contribution in [0.1, 0.15) is 38.2 Å². The molecule has 0 spiro atoms. The van der Waals surface area contributed by atoms with Crippen molar-refractivity contribution in [3.05, 3.63) is 59.4 Å². The van der Waals surface area contributed by atoms with Gasteiger partial charge in [-0.1, -0.05) is 50.3 Å². The Labute approximate surface area is 129 Å². The first-order valence-corrected chi connectivity index (χ1v) is 8.11. The van der Waals surface area contributed by atoms with E-state index in [9.17, 15) is 0 Å². The Bertz CT molecular complexity index is 488. The van der Waals surface area contributed by atoms with Crippen LogP contribution in [-0.2, 0) is 6.42 Å². The van der Waals surface area contributed by atoms with E-state index in [1.165, 1.54) is 41.8 Å². The van der Waals surface area contributed by atoms with Gasteiger partial charge in [-0.2, -0.15) is 0 Å². The average molecular weight is 284 g/mol. The van der Waals surface area contributed by atoms with Gasteiger partial charge in [0.25, 0.3) is 0 Å². The number of nitrogens with one attached hydrogen (secondary N) is 1. The molecule has 1 aliphatic rings. The fourth-order valence-corrected chi connectivity index (χ4v) is 3.13. The predicted molar refractivity (Wildman–Crippen MR) is 91.1 cm³/mol. The molecule has 1 aromatic rings. The van der Waals surface area contributed by atoms with Crippen LogP contribution in [0, 0.1) is 0 Å². The second-order valence-corrected chi connectivity index (χ2v) is 5.81. The maximum Gasteiger partial charge on any atom is 0.0227 e. The van der Waals surface area contributed by atoms with E-state index in [1.807, 2.05) is 7.05 Å². The van der Waals surface area contributed by atoms with Crippen molar-refractivity contribution >= 4 is 0 Å². The quantitative estimate of drug-likeness (QED) is 0.773. The maximum absolute atomic E-state index is 4.28. The summed E-state index contributed by atoms with van der Waals surface area (Å²) in [5.41, 5.74) is 5.75. The molecule has 2 rings (SSSR count). The Hall–Kier alpha value is -1.54. The van der Waals surface area contributed by atoms with Crippen LogP contribution in [0.3, 0.4) is 0 Å². The highest BCUT2D eigenvalue weighted by Crippen LogP contribution is 2.33. The Morgan fingerprint density at radius 3 is 2.62 bits per heavy atom. The summed E-state index contributed by atoms with van der Waals surface area (Å²) in [6.45, 7) is 8.62. The molecule has 0 bridgehead atoms. The van der Waals surface area contributed by atoms with Crippen LogP contribution in [0.25, 0.3) is 0 Å². The van der Waals surface area contributed by atoms with Gasteiger partial charge < -0.3 is 10.2 Å². The Kier molecular flexibility index (Phi) is 6.06. The predicted octanol–water partition coefficient (Wildman–Crippen LogP) is 4.11. The van der Waals surface area contributed by atoms with Crippen molar-refractivity contribution in [2.24, 2.45) is 0 Å². The number of hydrogen-bond acceptors (Lipinski definition) is 2. The topological polar surface area (TPSA) is 15.3 Å². The van der Waals surface area contributed by atoms with E-state index in [2.05, 4.69) is 54.1 Å². The van der Waals surface area contributed by atoms with Crippen LogP contribution in [0.15, 0.2) is 53.9 Å². The first kappa shape index (κ1) is 15.8. The highest BCUT2D eigenvalue weighted by molar-refractivity contribution is 5.31. The van der Waals surface area contributed by atoms with Crippen molar-refractivity contribution < 1.29 is 0 Å². The molecular formula is C19H28N2. The minimum absolute atomic E-state index is 0.990.